The Hall–Kier alpha value is -3.35. The third-order valence-electron chi connectivity index (χ3n) is 5.41. The molecule has 1 aromatic heterocycles. The molecule has 7 heteroatoms. The number of carbonyl (C=O) groups is 1. The highest BCUT2D eigenvalue weighted by Crippen LogP contribution is 2.20. The van der Waals surface area contributed by atoms with Gasteiger partial charge in [0.25, 0.3) is 0 Å². The van der Waals surface area contributed by atoms with Gasteiger partial charge >= 0.3 is 11.7 Å². The number of benzene rings is 2. The number of aliphatic carboxylic acids is 1. The van der Waals surface area contributed by atoms with Gasteiger partial charge in [-0.05, 0) is 63.8 Å². The number of aryl methyl sites for hydroxylation is 3. The molecule has 0 unspecified atom stereocenters. The van der Waals surface area contributed by atoms with Crippen LogP contribution in [0.4, 0.5) is 0 Å². The lowest BCUT2D eigenvalue weighted by molar-refractivity contribution is -0.152. The van der Waals surface area contributed by atoms with Gasteiger partial charge in [-0.2, -0.15) is 5.10 Å². The van der Waals surface area contributed by atoms with Gasteiger partial charge in [0.1, 0.15) is 11.6 Å². The Kier molecular flexibility index (Phi) is 7.18. The van der Waals surface area contributed by atoms with Crippen LogP contribution in [0.3, 0.4) is 0 Å². The molecule has 0 fully saturated rings. The molecule has 0 bridgehead atoms. The van der Waals surface area contributed by atoms with E-state index in [0.717, 1.165) is 35.4 Å². The second-order valence-corrected chi connectivity index (χ2v) is 8.50. The Bertz CT molecular complexity index is 1130. The minimum Gasteiger partial charge on any atom is -0.478 e. The number of aromatic nitrogens is 3. The highest BCUT2D eigenvalue weighted by atomic mass is 16.5. The maximum atomic E-state index is 12.8. The first-order valence-corrected chi connectivity index (χ1v) is 10.9. The van der Waals surface area contributed by atoms with E-state index in [4.69, 9.17) is 4.74 Å². The number of carboxylic acids is 1. The summed E-state index contributed by atoms with van der Waals surface area (Å²) in [5.74, 6) is 0.314. The Morgan fingerprint density at radius 2 is 1.81 bits per heavy atom. The van der Waals surface area contributed by atoms with Crippen LogP contribution in [-0.4, -0.2) is 31.0 Å². The van der Waals surface area contributed by atoms with Crippen molar-refractivity contribution in [3.8, 4) is 5.75 Å². The second kappa shape index (κ2) is 9.85. The molecule has 0 saturated carbocycles. The fourth-order valence-electron chi connectivity index (χ4n) is 3.59. The Labute approximate surface area is 188 Å². The van der Waals surface area contributed by atoms with Crippen molar-refractivity contribution in [1.82, 2.24) is 14.3 Å². The third kappa shape index (κ3) is 5.66. The van der Waals surface area contributed by atoms with Crippen molar-refractivity contribution in [3.05, 3.63) is 81.5 Å². The lowest BCUT2D eigenvalue weighted by Crippen LogP contribution is -2.37. The van der Waals surface area contributed by atoms with Crippen LogP contribution in [0.1, 0.15) is 49.7 Å². The summed E-state index contributed by atoms with van der Waals surface area (Å²) in [5.41, 5.74) is 1.99. The first kappa shape index (κ1) is 23.3. The predicted molar refractivity (Wildman–Crippen MR) is 123 cm³/mol. The Balaban J connectivity index is 1.62. The zero-order valence-electron chi connectivity index (χ0n) is 19.2. The van der Waals surface area contributed by atoms with Crippen LogP contribution in [0.2, 0.25) is 0 Å². The van der Waals surface area contributed by atoms with Gasteiger partial charge in [-0.1, -0.05) is 42.0 Å². The van der Waals surface area contributed by atoms with Gasteiger partial charge < -0.3 is 9.84 Å². The van der Waals surface area contributed by atoms with Crippen LogP contribution in [0, 0.1) is 6.92 Å². The molecule has 0 amide bonds. The summed E-state index contributed by atoms with van der Waals surface area (Å²) in [6, 6.07) is 15.6. The molecule has 0 aliphatic heterocycles. The van der Waals surface area contributed by atoms with E-state index in [-0.39, 0.29) is 5.69 Å². The van der Waals surface area contributed by atoms with E-state index in [1.54, 1.807) is 21.4 Å². The molecular formula is C25H31N3O4. The van der Waals surface area contributed by atoms with Gasteiger partial charge in [0, 0.05) is 13.0 Å². The van der Waals surface area contributed by atoms with Gasteiger partial charge in [-0.15, -0.1) is 0 Å². The van der Waals surface area contributed by atoms with E-state index in [1.807, 2.05) is 44.2 Å². The largest absolute Gasteiger partial charge is 0.478 e. The molecule has 0 radical (unpaired) electrons. The lowest BCUT2D eigenvalue weighted by Gasteiger charge is -2.21. The Morgan fingerprint density at radius 3 is 2.44 bits per heavy atom. The molecule has 0 atom stereocenters. The quantitative estimate of drug-likeness (QED) is 0.521. The fraction of sp³-hybridized carbons (Fsp3) is 0.400. The van der Waals surface area contributed by atoms with Gasteiger partial charge in [0.15, 0.2) is 5.60 Å². The maximum Gasteiger partial charge on any atom is 0.347 e. The summed E-state index contributed by atoms with van der Waals surface area (Å²) in [6.45, 7) is 8.10. The van der Waals surface area contributed by atoms with Crippen molar-refractivity contribution in [1.29, 1.82) is 0 Å². The van der Waals surface area contributed by atoms with Crippen LogP contribution in [0.5, 0.6) is 5.75 Å². The molecule has 0 spiro atoms. The standard InChI is InChI=1S/C25H31N3O4/c1-5-27-22(26-28(24(27)31)17-20-10-6-8-18(2)16-20)11-7-9-19-12-14-21(15-13-19)32-25(3,4)23(29)30/h6,8,10,12-16H,5,7,9,11,17H2,1-4H3,(H,29,30). The van der Waals surface area contributed by atoms with E-state index >= 15 is 0 Å². The molecule has 1 heterocycles. The van der Waals surface area contributed by atoms with Gasteiger partial charge in [-0.25, -0.2) is 14.3 Å². The van der Waals surface area contributed by atoms with Crippen molar-refractivity contribution < 1.29 is 14.6 Å². The topological polar surface area (TPSA) is 86.3 Å². The number of ether oxygens (including phenoxy) is 1. The molecular weight excluding hydrogens is 406 g/mol. The average molecular weight is 438 g/mol. The second-order valence-electron chi connectivity index (χ2n) is 8.50. The summed E-state index contributed by atoms with van der Waals surface area (Å²) >= 11 is 0. The number of hydrogen-bond donors (Lipinski definition) is 1. The fourth-order valence-corrected chi connectivity index (χ4v) is 3.59. The summed E-state index contributed by atoms with van der Waals surface area (Å²) in [7, 11) is 0. The molecule has 32 heavy (non-hydrogen) atoms. The van der Waals surface area contributed by atoms with Crippen LogP contribution in [0.25, 0.3) is 0 Å². The smallest absolute Gasteiger partial charge is 0.347 e. The van der Waals surface area contributed by atoms with E-state index in [9.17, 15) is 14.7 Å². The van der Waals surface area contributed by atoms with E-state index in [2.05, 4.69) is 11.2 Å². The van der Waals surface area contributed by atoms with Crippen molar-refractivity contribution in [2.75, 3.05) is 0 Å². The van der Waals surface area contributed by atoms with Crippen LogP contribution < -0.4 is 10.4 Å². The third-order valence-corrected chi connectivity index (χ3v) is 5.41. The summed E-state index contributed by atoms with van der Waals surface area (Å²) in [5, 5.41) is 13.8. The molecule has 0 aliphatic carbocycles. The summed E-state index contributed by atoms with van der Waals surface area (Å²) in [4.78, 5) is 24.0. The highest BCUT2D eigenvalue weighted by molar-refractivity contribution is 5.76. The first-order valence-electron chi connectivity index (χ1n) is 10.9. The van der Waals surface area contributed by atoms with E-state index in [1.165, 1.54) is 13.8 Å². The lowest BCUT2D eigenvalue weighted by atomic mass is 10.1. The minimum atomic E-state index is -1.28. The number of rotatable bonds is 10. The highest BCUT2D eigenvalue weighted by Gasteiger charge is 2.29. The van der Waals surface area contributed by atoms with Crippen LogP contribution >= 0.6 is 0 Å². The SMILES string of the molecule is CCn1c(CCCc2ccc(OC(C)(C)C(=O)O)cc2)nn(Cc2cccc(C)c2)c1=O. The predicted octanol–water partition coefficient (Wildman–Crippen LogP) is 3.84. The molecule has 1 N–H and O–H groups in total. The van der Waals surface area contributed by atoms with Crippen molar-refractivity contribution in [3.63, 3.8) is 0 Å². The molecule has 3 rings (SSSR count). The minimum absolute atomic E-state index is 0.0773. The van der Waals surface area contributed by atoms with Gasteiger partial charge in [0.05, 0.1) is 6.54 Å². The zero-order valence-corrected chi connectivity index (χ0v) is 19.2. The van der Waals surface area contributed by atoms with Crippen LogP contribution in [-0.2, 0) is 30.7 Å². The van der Waals surface area contributed by atoms with Gasteiger partial charge in [-0.3, -0.25) is 4.57 Å². The van der Waals surface area contributed by atoms with E-state index < -0.39 is 11.6 Å². The number of hydrogen-bond acceptors (Lipinski definition) is 4. The van der Waals surface area contributed by atoms with E-state index in [0.29, 0.717) is 25.3 Å². The molecule has 3 aromatic rings. The molecule has 2 aromatic carbocycles. The monoisotopic (exact) mass is 437 g/mol. The molecule has 0 saturated heterocycles. The van der Waals surface area contributed by atoms with Crippen molar-refractivity contribution in [2.24, 2.45) is 0 Å². The Morgan fingerprint density at radius 1 is 1.09 bits per heavy atom. The molecule has 0 aliphatic rings. The van der Waals surface area contributed by atoms with Crippen molar-refractivity contribution >= 4 is 5.97 Å². The maximum absolute atomic E-state index is 12.8. The van der Waals surface area contributed by atoms with Crippen molar-refractivity contribution in [2.45, 2.75) is 65.6 Å². The molecule has 170 valence electrons. The summed E-state index contributed by atoms with van der Waals surface area (Å²) < 4.78 is 8.83. The summed E-state index contributed by atoms with van der Waals surface area (Å²) in [6.07, 6.45) is 2.38. The van der Waals surface area contributed by atoms with Crippen LogP contribution in [0.15, 0.2) is 53.3 Å². The molecule has 7 nitrogen and oxygen atoms in total. The number of carboxylic acid groups (broad SMARTS) is 1. The number of nitrogens with zero attached hydrogens (tertiary/aromatic N) is 3. The van der Waals surface area contributed by atoms with Gasteiger partial charge in [0.2, 0.25) is 0 Å². The zero-order chi connectivity index (χ0) is 23.3. The average Bonchev–Trinajstić information content (AvgIpc) is 3.03. The first-order chi connectivity index (χ1) is 15.2. The normalized spacial score (nSPS) is 11.5.